The third-order valence-corrected chi connectivity index (χ3v) is 7.19. The summed E-state index contributed by atoms with van der Waals surface area (Å²) in [5.74, 6) is -0.477. The van der Waals surface area contributed by atoms with Gasteiger partial charge in [-0.25, -0.2) is 0 Å². The molecule has 2 heterocycles. The van der Waals surface area contributed by atoms with Crippen molar-refractivity contribution >= 4 is 28.1 Å². The van der Waals surface area contributed by atoms with Gasteiger partial charge in [0.1, 0.15) is 7.05 Å². The minimum atomic E-state index is -0.789. The molecule has 1 N–H and O–H groups in total. The monoisotopic (exact) mass is 399 g/mol. The van der Waals surface area contributed by atoms with Crippen molar-refractivity contribution in [1.29, 1.82) is 0 Å². The highest BCUT2D eigenvalue weighted by atomic mass is 16.3. The molecule has 1 aliphatic carbocycles. The molecule has 2 aromatic carbocycles. The lowest BCUT2D eigenvalue weighted by Crippen LogP contribution is -2.44. The maximum absolute atomic E-state index is 13.3. The van der Waals surface area contributed by atoms with Crippen LogP contribution in [0.4, 0.5) is 5.69 Å². The molecule has 1 saturated carbocycles. The van der Waals surface area contributed by atoms with Gasteiger partial charge in [0.2, 0.25) is 5.69 Å². The molecule has 4 heteroatoms. The fourth-order valence-electron chi connectivity index (χ4n) is 5.35. The van der Waals surface area contributed by atoms with Crippen molar-refractivity contribution in [3.05, 3.63) is 77.0 Å². The van der Waals surface area contributed by atoms with Gasteiger partial charge in [-0.05, 0) is 32.4 Å². The first-order chi connectivity index (χ1) is 14.2. The van der Waals surface area contributed by atoms with Crippen LogP contribution in [0, 0.1) is 6.92 Å². The number of carbonyl (C=O) groups is 1. The van der Waals surface area contributed by atoms with Crippen LogP contribution in [0.1, 0.15) is 36.6 Å². The van der Waals surface area contributed by atoms with Crippen molar-refractivity contribution in [3.8, 4) is 0 Å². The molecule has 2 aliphatic rings. The van der Waals surface area contributed by atoms with Gasteiger partial charge < -0.3 is 9.67 Å². The summed E-state index contributed by atoms with van der Waals surface area (Å²) in [5.41, 5.74) is 6.79. The fraction of sp³-hybridized carbons (Fsp3) is 0.308. The van der Waals surface area contributed by atoms with Crippen molar-refractivity contribution in [1.82, 2.24) is 4.57 Å². The van der Waals surface area contributed by atoms with Gasteiger partial charge in [-0.2, -0.15) is 4.58 Å². The fourth-order valence-corrected chi connectivity index (χ4v) is 5.35. The summed E-state index contributed by atoms with van der Waals surface area (Å²) in [6, 6.07) is 16.4. The van der Waals surface area contributed by atoms with E-state index in [-0.39, 0.29) is 11.2 Å². The average molecular weight is 400 g/mol. The Morgan fingerprint density at radius 1 is 1.10 bits per heavy atom. The van der Waals surface area contributed by atoms with E-state index in [1.807, 2.05) is 57.4 Å². The molecule has 1 aliphatic heterocycles. The van der Waals surface area contributed by atoms with Crippen molar-refractivity contribution in [2.24, 2.45) is 7.05 Å². The summed E-state index contributed by atoms with van der Waals surface area (Å²) in [4.78, 5) is 13.3. The van der Waals surface area contributed by atoms with E-state index in [4.69, 9.17) is 0 Å². The molecular formula is C26H27N2O2+. The van der Waals surface area contributed by atoms with Gasteiger partial charge in [0, 0.05) is 46.9 Å². The summed E-state index contributed by atoms with van der Waals surface area (Å²) < 4.78 is 4.24. The van der Waals surface area contributed by atoms with Crippen LogP contribution in [-0.4, -0.2) is 38.9 Å². The standard InChI is InChI=1S/C26H27N2O2/c1-15-22(16-10-6-8-12-19(16)27(15)4)23-24(29)17(25(23)30)14-21-26(2,3)18-11-7-9-13-20(18)28(21)5/h6-14,23-24,29H,1-5H3/q+1. The topological polar surface area (TPSA) is 45.2 Å². The number of carbonyl (C=O) groups excluding carboxylic acids is 1. The lowest BCUT2D eigenvalue weighted by molar-refractivity contribution is -0.401. The summed E-state index contributed by atoms with van der Waals surface area (Å²) >= 11 is 0. The van der Waals surface area contributed by atoms with Crippen molar-refractivity contribution in [2.75, 3.05) is 7.05 Å². The Balaban J connectivity index is 1.57. The Kier molecular flexibility index (Phi) is 3.97. The zero-order valence-electron chi connectivity index (χ0n) is 18.1. The van der Waals surface area contributed by atoms with Gasteiger partial charge >= 0.3 is 0 Å². The number of para-hydroxylation sites is 2. The zero-order valence-corrected chi connectivity index (χ0v) is 18.1. The minimum Gasteiger partial charge on any atom is -0.387 e. The zero-order chi connectivity index (χ0) is 21.4. The lowest BCUT2D eigenvalue weighted by atomic mass is 9.69. The first-order valence-electron chi connectivity index (χ1n) is 10.4. The van der Waals surface area contributed by atoms with Crippen LogP contribution in [0.15, 0.2) is 60.2 Å². The molecular weight excluding hydrogens is 372 g/mol. The number of allylic oxidation sites excluding steroid dienone is 1. The molecule has 3 aromatic rings. The van der Waals surface area contributed by atoms with Crippen LogP contribution in [0.5, 0.6) is 0 Å². The largest absolute Gasteiger partial charge is 0.387 e. The van der Waals surface area contributed by atoms with Crippen LogP contribution in [-0.2, 0) is 17.3 Å². The number of nitrogens with zero attached hydrogens (tertiary/aromatic N) is 2. The molecule has 30 heavy (non-hydrogen) atoms. The SMILES string of the molecule is Cc1c(C2C(=O)C(=CC3=[N+](C)c4ccccc4C3(C)C)C2O)c2ccccc2n1C. The van der Waals surface area contributed by atoms with E-state index in [9.17, 15) is 9.90 Å². The molecule has 0 bridgehead atoms. The quantitative estimate of drug-likeness (QED) is 0.520. The maximum atomic E-state index is 13.3. The Morgan fingerprint density at radius 2 is 1.77 bits per heavy atom. The molecule has 5 rings (SSSR count). The number of benzene rings is 2. The molecule has 4 nitrogen and oxygen atoms in total. The van der Waals surface area contributed by atoms with Crippen molar-refractivity contribution in [3.63, 3.8) is 0 Å². The van der Waals surface area contributed by atoms with Gasteiger partial charge in [0.05, 0.1) is 17.4 Å². The summed E-state index contributed by atoms with van der Waals surface area (Å²) in [6.07, 6.45) is 1.13. The van der Waals surface area contributed by atoms with E-state index < -0.39 is 12.0 Å². The molecule has 2 atom stereocenters. The molecule has 2 unspecified atom stereocenters. The number of hydrogen-bond donors (Lipinski definition) is 1. The normalized spacial score (nSPS) is 23.9. The number of aliphatic hydroxyl groups excluding tert-OH is 1. The smallest absolute Gasteiger partial charge is 0.209 e. The summed E-state index contributed by atoms with van der Waals surface area (Å²) in [5, 5.41) is 12.1. The van der Waals surface area contributed by atoms with Crippen LogP contribution in [0.3, 0.4) is 0 Å². The predicted molar refractivity (Wildman–Crippen MR) is 120 cm³/mol. The molecule has 152 valence electrons. The van der Waals surface area contributed by atoms with Gasteiger partial charge in [-0.3, -0.25) is 4.79 Å². The number of hydrogen-bond acceptors (Lipinski definition) is 2. The van der Waals surface area contributed by atoms with Gasteiger partial charge in [0.15, 0.2) is 11.5 Å². The lowest BCUT2D eigenvalue weighted by Gasteiger charge is -2.34. The van der Waals surface area contributed by atoms with E-state index in [1.54, 1.807) is 0 Å². The molecule has 0 radical (unpaired) electrons. The van der Waals surface area contributed by atoms with E-state index in [2.05, 4.69) is 41.2 Å². The molecule has 1 aromatic heterocycles. The van der Waals surface area contributed by atoms with Crippen LogP contribution in [0.25, 0.3) is 10.9 Å². The number of aryl methyl sites for hydroxylation is 1. The second-order valence-corrected chi connectivity index (χ2v) is 9.05. The number of Topliss-reactive ketones (excluding diaryl/α,β-unsaturated/α-hetero) is 1. The highest BCUT2D eigenvalue weighted by Crippen LogP contribution is 2.45. The van der Waals surface area contributed by atoms with E-state index in [0.29, 0.717) is 5.57 Å². The van der Waals surface area contributed by atoms with Gasteiger partial charge in [0.25, 0.3) is 0 Å². The number of aromatic nitrogens is 1. The van der Waals surface area contributed by atoms with Crippen molar-refractivity contribution < 1.29 is 14.5 Å². The number of ketones is 1. The summed E-state index contributed by atoms with van der Waals surface area (Å²) in [6.45, 7) is 6.36. The van der Waals surface area contributed by atoms with E-state index >= 15 is 0 Å². The van der Waals surface area contributed by atoms with Gasteiger partial charge in [-0.15, -0.1) is 0 Å². The number of fused-ring (bicyclic) bond motifs is 2. The number of rotatable bonds is 2. The van der Waals surface area contributed by atoms with E-state index in [0.717, 1.165) is 33.6 Å². The average Bonchev–Trinajstić information content (AvgIpc) is 3.10. The Hall–Kier alpha value is -2.98. The second-order valence-electron chi connectivity index (χ2n) is 9.05. The van der Waals surface area contributed by atoms with Crippen LogP contribution < -0.4 is 0 Å². The van der Waals surface area contributed by atoms with Gasteiger partial charge in [-0.1, -0.05) is 36.4 Å². The Labute approximate surface area is 176 Å². The Morgan fingerprint density at radius 3 is 2.47 bits per heavy atom. The Bertz CT molecular complexity index is 1290. The second kappa shape index (κ2) is 6.26. The third kappa shape index (κ3) is 2.31. The molecule has 0 saturated heterocycles. The van der Waals surface area contributed by atoms with E-state index in [1.165, 1.54) is 5.56 Å². The number of aliphatic hydroxyl groups is 1. The predicted octanol–water partition coefficient (Wildman–Crippen LogP) is 4.15. The highest BCUT2D eigenvalue weighted by molar-refractivity contribution is 6.16. The first-order valence-corrected chi connectivity index (χ1v) is 10.4. The maximum Gasteiger partial charge on any atom is 0.209 e. The van der Waals surface area contributed by atoms with Crippen molar-refractivity contribution in [2.45, 2.75) is 38.2 Å². The molecule has 1 fully saturated rings. The highest BCUT2D eigenvalue weighted by Gasteiger charge is 2.50. The van der Waals surface area contributed by atoms with Crippen LogP contribution in [0.2, 0.25) is 0 Å². The molecule has 0 spiro atoms. The third-order valence-electron chi connectivity index (χ3n) is 7.19. The van der Waals surface area contributed by atoms with Crippen LogP contribution >= 0.6 is 0 Å². The minimum absolute atomic E-state index is 0.0228. The summed E-state index contributed by atoms with van der Waals surface area (Å²) in [7, 11) is 4.04. The molecule has 0 amide bonds. The first kappa shape index (κ1) is 19.0.